The van der Waals surface area contributed by atoms with Crippen molar-refractivity contribution in [1.82, 2.24) is 5.32 Å². The topological polar surface area (TPSA) is 67.8 Å². The van der Waals surface area contributed by atoms with Crippen molar-refractivity contribution < 1.29 is 19.4 Å². The molecule has 3 fully saturated rings. The molecular weight excluding hydrogens is 366 g/mol. The minimum Gasteiger partial charge on any atom is -0.504 e. The monoisotopic (exact) mass is 401 g/mol. The lowest BCUT2D eigenvalue weighted by Gasteiger charge is -2.53. The first-order valence-electron chi connectivity index (χ1n) is 11.0. The normalized spacial score (nSPS) is 34.8. The van der Waals surface area contributed by atoms with Gasteiger partial charge in [-0.15, -0.1) is 0 Å². The number of benzene rings is 1. The summed E-state index contributed by atoms with van der Waals surface area (Å²) < 4.78 is 11.6. The molecule has 2 bridgehead atoms. The second kappa shape index (κ2) is 7.19. The highest BCUT2D eigenvalue weighted by Gasteiger charge is 2.68. The van der Waals surface area contributed by atoms with Crippen LogP contribution in [0.3, 0.4) is 0 Å². The van der Waals surface area contributed by atoms with E-state index in [1.54, 1.807) is 13.2 Å². The van der Waals surface area contributed by atoms with E-state index < -0.39 is 0 Å². The molecule has 2 aliphatic carbocycles. The van der Waals surface area contributed by atoms with Crippen LogP contribution in [-0.4, -0.2) is 30.8 Å². The summed E-state index contributed by atoms with van der Waals surface area (Å²) in [7, 11) is 1.57. The quantitative estimate of drug-likeness (QED) is 0.765. The number of hydrogen-bond donors (Lipinski definition) is 2. The first-order chi connectivity index (χ1) is 13.7. The number of rotatable bonds is 5. The lowest BCUT2D eigenvalue weighted by Crippen LogP contribution is -2.59. The first kappa shape index (κ1) is 20.5. The standard InChI is InChI=1S/C24H35NO4/c1-14(2)10-20(27)25-22-23(3,4)16-12-17-21(29-9-8-24(17,22)13-16)15-6-7-18(26)19(11-15)28-5/h6-7,11,14,16-17,21-22,26H,8-10,12-13H2,1-5H3,(H,25,27)/t16-,17-,21-,22+,24?/m1/s1. The van der Waals surface area contributed by atoms with Crippen LogP contribution < -0.4 is 10.1 Å². The second-order valence-electron chi connectivity index (χ2n) is 10.4. The van der Waals surface area contributed by atoms with Crippen molar-refractivity contribution in [3.63, 3.8) is 0 Å². The molecule has 160 valence electrons. The van der Waals surface area contributed by atoms with Gasteiger partial charge in [0.1, 0.15) is 0 Å². The molecule has 0 radical (unpaired) electrons. The Hall–Kier alpha value is -1.75. The predicted molar refractivity (Wildman–Crippen MR) is 112 cm³/mol. The molecule has 2 saturated carbocycles. The Morgan fingerprint density at radius 3 is 2.83 bits per heavy atom. The van der Waals surface area contributed by atoms with Crippen LogP contribution in [-0.2, 0) is 9.53 Å². The number of fused-ring (bicyclic) bond motifs is 1. The van der Waals surface area contributed by atoms with Gasteiger partial charge in [-0.25, -0.2) is 0 Å². The molecule has 1 heterocycles. The Balaban J connectivity index is 1.65. The van der Waals surface area contributed by atoms with Crippen molar-refractivity contribution in [1.29, 1.82) is 0 Å². The average molecular weight is 402 g/mol. The minimum absolute atomic E-state index is 0.0242. The van der Waals surface area contributed by atoms with Crippen LogP contribution >= 0.6 is 0 Å². The molecular formula is C24H35NO4. The Kier molecular flexibility index (Phi) is 5.09. The lowest BCUT2D eigenvalue weighted by atomic mass is 9.58. The third-order valence-corrected chi connectivity index (χ3v) is 7.94. The number of methoxy groups -OCH3 is 1. The Labute approximate surface area is 174 Å². The number of phenolic OH excluding ortho intramolecular Hbond substituents is 1. The molecule has 1 unspecified atom stereocenters. The fourth-order valence-corrected chi connectivity index (χ4v) is 6.58. The summed E-state index contributed by atoms with van der Waals surface area (Å²) >= 11 is 0. The highest BCUT2D eigenvalue weighted by atomic mass is 16.5. The number of hydrogen-bond acceptors (Lipinski definition) is 4. The predicted octanol–water partition coefficient (Wildman–Crippen LogP) is 4.45. The highest BCUT2D eigenvalue weighted by Crippen LogP contribution is 2.70. The second-order valence-corrected chi connectivity index (χ2v) is 10.4. The number of amides is 1. The molecule has 1 saturated heterocycles. The zero-order chi connectivity index (χ0) is 21.0. The van der Waals surface area contributed by atoms with E-state index in [9.17, 15) is 9.90 Å². The fraction of sp³-hybridized carbons (Fsp3) is 0.708. The zero-order valence-corrected chi connectivity index (χ0v) is 18.3. The number of nitrogens with one attached hydrogen (secondary N) is 1. The molecule has 1 spiro atoms. The number of phenols is 1. The SMILES string of the molecule is COc1cc([C@H]2OCCC34C[C@@H](C[C@H]23)C(C)(C)[C@@H]4NC(=O)CC(C)C)ccc1O. The summed E-state index contributed by atoms with van der Waals surface area (Å²) in [4.78, 5) is 12.7. The van der Waals surface area contributed by atoms with Crippen LogP contribution in [0.25, 0.3) is 0 Å². The van der Waals surface area contributed by atoms with Gasteiger partial charge in [0.2, 0.25) is 5.91 Å². The summed E-state index contributed by atoms with van der Waals surface area (Å²) in [6.45, 7) is 9.54. The molecule has 5 heteroatoms. The van der Waals surface area contributed by atoms with Gasteiger partial charge in [-0.05, 0) is 65.5 Å². The number of ether oxygens (including phenoxy) is 2. The van der Waals surface area contributed by atoms with Crippen molar-refractivity contribution in [3.8, 4) is 11.5 Å². The van der Waals surface area contributed by atoms with Gasteiger partial charge in [-0.3, -0.25) is 4.79 Å². The maximum atomic E-state index is 12.7. The van der Waals surface area contributed by atoms with Crippen molar-refractivity contribution in [2.24, 2.45) is 28.6 Å². The van der Waals surface area contributed by atoms with Crippen LogP contribution in [0.5, 0.6) is 11.5 Å². The van der Waals surface area contributed by atoms with E-state index in [0.717, 1.165) is 24.8 Å². The molecule has 1 amide bonds. The number of aromatic hydroxyl groups is 1. The smallest absolute Gasteiger partial charge is 0.220 e. The molecule has 5 atom stereocenters. The Morgan fingerprint density at radius 2 is 2.14 bits per heavy atom. The third-order valence-electron chi connectivity index (χ3n) is 7.94. The van der Waals surface area contributed by atoms with E-state index in [0.29, 0.717) is 36.5 Å². The maximum Gasteiger partial charge on any atom is 0.220 e. The number of carbonyl (C=O) groups is 1. The molecule has 2 N–H and O–H groups in total. The van der Waals surface area contributed by atoms with Crippen LogP contribution in [0, 0.1) is 28.6 Å². The summed E-state index contributed by atoms with van der Waals surface area (Å²) in [6.07, 6.45) is 3.83. The molecule has 0 aromatic heterocycles. The van der Waals surface area contributed by atoms with Gasteiger partial charge in [0.15, 0.2) is 11.5 Å². The van der Waals surface area contributed by atoms with Crippen molar-refractivity contribution in [3.05, 3.63) is 23.8 Å². The van der Waals surface area contributed by atoms with E-state index in [1.165, 1.54) is 0 Å². The third kappa shape index (κ3) is 3.22. The summed E-state index contributed by atoms with van der Waals surface area (Å²) in [5.74, 6) is 2.11. The van der Waals surface area contributed by atoms with Crippen molar-refractivity contribution in [2.45, 2.75) is 65.5 Å². The minimum atomic E-state index is -0.0242. The molecule has 1 aromatic carbocycles. The van der Waals surface area contributed by atoms with E-state index in [2.05, 4.69) is 33.0 Å². The van der Waals surface area contributed by atoms with Gasteiger partial charge in [-0.1, -0.05) is 33.8 Å². The summed E-state index contributed by atoms with van der Waals surface area (Å²) in [5.41, 5.74) is 1.23. The van der Waals surface area contributed by atoms with Gasteiger partial charge in [0, 0.05) is 19.1 Å². The number of carbonyl (C=O) groups excluding carboxylic acids is 1. The van der Waals surface area contributed by atoms with Gasteiger partial charge in [-0.2, -0.15) is 0 Å². The van der Waals surface area contributed by atoms with E-state index in [1.807, 2.05) is 12.1 Å². The van der Waals surface area contributed by atoms with Crippen LogP contribution in [0.1, 0.15) is 65.0 Å². The fourth-order valence-electron chi connectivity index (χ4n) is 6.58. The van der Waals surface area contributed by atoms with E-state index >= 15 is 0 Å². The largest absolute Gasteiger partial charge is 0.504 e. The first-order valence-corrected chi connectivity index (χ1v) is 11.0. The highest BCUT2D eigenvalue weighted by molar-refractivity contribution is 5.76. The van der Waals surface area contributed by atoms with E-state index in [4.69, 9.17) is 9.47 Å². The van der Waals surface area contributed by atoms with Crippen LogP contribution in [0.15, 0.2) is 18.2 Å². The molecule has 4 rings (SSSR count). The van der Waals surface area contributed by atoms with Crippen LogP contribution in [0.4, 0.5) is 0 Å². The van der Waals surface area contributed by atoms with Crippen molar-refractivity contribution in [2.75, 3.05) is 13.7 Å². The molecule has 1 aromatic rings. The molecule has 29 heavy (non-hydrogen) atoms. The molecule has 1 aliphatic heterocycles. The van der Waals surface area contributed by atoms with Crippen molar-refractivity contribution >= 4 is 5.91 Å². The van der Waals surface area contributed by atoms with E-state index in [-0.39, 0.29) is 34.6 Å². The maximum absolute atomic E-state index is 12.7. The lowest BCUT2D eigenvalue weighted by molar-refractivity contribution is -0.137. The van der Waals surface area contributed by atoms with Gasteiger partial charge < -0.3 is 19.9 Å². The van der Waals surface area contributed by atoms with Crippen LogP contribution in [0.2, 0.25) is 0 Å². The average Bonchev–Trinajstić information content (AvgIpc) is 3.14. The Morgan fingerprint density at radius 1 is 1.38 bits per heavy atom. The van der Waals surface area contributed by atoms with Gasteiger partial charge in [0.05, 0.1) is 13.2 Å². The molecule has 5 nitrogen and oxygen atoms in total. The van der Waals surface area contributed by atoms with Gasteiger partial charge >= 0.3 is 0 Å². The molecule has 3 aliphatic rings. The zero-order valence-electron chi connectivity index (χ0n) is 18.3. The van der Waals surface area contributed by atoms with Gasteiger partial charge in [0.25, 0.3) is 0 Å². The Bertz CT molecular complexity index is 789. The summed E-state index contributed by atoms with van der Waals surface area (Å²) in [6, 6.07) is 5.72. The summed E-state index contributed by atoms with van der Waals surface area (Å²) in [5, 5.41) is 13.5.